The Kier molecular flexibility index (Phi) is 10.0. The van der Waals surface area contributed by atoms with E-state index in [9.17, 15) is 19.5 Å². The van der Waals surface area contributed by atoms with Crippen LogP contribution in [0.15, 0.2) is 47.3 Å². The summed E-state index contributed by atoms with van der Waals surface area (Å²) < 4.78 is 3.31. The Balaban J connectivity index is 1.82. The molecule has 0 bridgehead atoms. The molecule has 8 nitrogen and oxygen atoms in total. The van der Waals surface area contributed by atoms with Gasteiger partial charge in [0.25, 0.3) is 5.56 Å². The van der Waals surface area contributed by atoms with Gasteiger partial charge in [0.15, 0.2) is 0 Å². The largest absolute Gasteiger partial charge is 0.507 e. The molecule has 1 aliphatic rings. The summed E-state index contributed by atoms with van der Waals surface area (Å²) in [4.78, 5) is 44.5. The number of para-hydroxylation sites is 1. The molecule has 1 aliphatic carbocycles. The highest BCUT2D eigenvalue weighted by molar-refractivity contribution is 6.03. The molecule has 1 saturated carbocycles. The van der Waals surface area contributed by atoms with Crippen LogP contribution in [0.1, 0.15) is 116 Å². The molecule has 250 valence electrons. The molecule has 1 heterocycles. The number of carbonyl (C=O) groups excluding carboxylic acids is 2. The van der Waals surface area contributed by atoms with Crippen molar-refractivity contribution in [2.24, 2.45) is 7.05 Å². The van der Waals surface area contributed by atoms with Gasteiger partial charge in [0, 0.05) is 19.5 Å². The van der Waals surface area contributed by atoms with Gasteiger partial charge in [-0.3, -0.25) is 24.0 Å². The van der Waals surface area contributed by atoms with Crippen LogP contribution in [-0.2, 0) is 33.9 Å². The minimum absolute atomic E-state index is 0.0665. The quantitative estimate of drug-likeness (QED) is 0.267. The third-order valence-electron chi connectivity index (χ3n) is 9.77. The second-order valence-electron chi connectivity index (χ2n) is 15.3. The van der Waals surface area contributed by atoms with Crippen molar-refractivity contribution in [2.45, 2.75) is 130 Å². The first kappa shape index (κ1) is 35.1. The lowest BCUT2D eigenvalue weighted by Crippen LogP contribution is -2.61. The Bertz CT molecular complexity index is 1600. The van der Waals surface area contributed by atoms with E-state index in [2.05, 4.69) is 46.9 Å². The Morgan fingerprint density at radius 2 is 1.50 bits per heavy atom. The van der Waals surface area contributed by atoms with Crippen LogP contribution in [0.5, 0.6) is 5.75 Å². The second kappa shape index (κ2) is 13.1. The van der Waals surface area contributed by atoms with Crippen LogP contribution in [0.2, 0.25) is 0 Å². The molecule has 2 aromatic carbocycles. The van der Waals surface area contributed by atoms with Gasteiger partial charge in [-0.2, -0.15) is 0 Å². The Hall–Kier alpha value is -3.81. The number of aromatic nitrogens is 2. The van der Waals surface area contributed by atoms with Gasteiger partial charge in [-0.25, -0.2) is 4.68 Å². The normalized spacial score (nSPS) is 15.5. The fourth-order valence-corrected chi connectivity index (χ4v) is 6.63. The van der Waals surface area contributed by atoms with Gasteiger partial charge in [0.05, 0.1) is 11.4 Å². The number of anilines is 1. The monoisotopic (exact) mass is 630 g/mol. The van der Waals surface area contributed by atoms with Gasteiger partial charge in [-0.1, -0.05) is 91.6 Å². The average molecular weight is 631 g/mol. The standard InChI is InChI=1S/C38H54N4O4/c1-11-38(9,35(46)39-27-17-15-16-18-27)41(32-25(2)40(10)42(34(32)45)28-19-13-12-14-20-28)31(43)22-21-26-23-29(36(3,4)5)33(44)30(24-26)37(6,7)8/h12-14,19-20,23-24,27,44H,11,15-18,21-22H2,1-10H3,(H,39,46)/t38-/m0/s1. The fourth-order valence-electron chi connectivity index (χ4n) is 6.63. The third kappa shape index (κ3) is 6.81. The van der Waals surface area contributed by atoms with Gasteiger partial charge in [0.2, 0.25) is 11.8 Å². The maximum absolute atomic E-state index is 14.6. The molecule has 0 unspecified atom stereocenters. The molecule has 2 N–H and O–H groups in total. The number of hydrogen-bond acceptors (Lipinski definition) is 4. The highest BCUT2D eigenvalue weighted by Gasteiger charge is 2.45. The molecule has 0 saturated heterocycles. The number of aromatic hydroxyl groups is 1. The summed E-state index contributed by atoms with van der Waals surface area (Å²) in [7, 11) is 1.80. The van der Waals surface area contributed by atoms with Crippen molar-refractivity contribution in [2.75, 3.05) is 4.90 Å². The Morgan fingerprint density at radius 1 is 0.957 bits per heavy atom. The summed E-state index contributed by atoms with van der Waals surface area (Å²) in [6.45, 7) is 17.9. The van der Waals surface area contributed by atoms with E-state index in [0.29, 0.717) is 30.0 Å². The SMILES string of the molecule is CC[C@@](C)(C(=O)NC1CCCC1)N(C(=O)CCc1cc(C(C)(C)C)c(O)c(C(C)(C)C)c1)c1c(C)n(C)n(-c2ccccc2)c1=O. The van der Waals surface area contributed by atoms with Crippen molar-refractivity contribution in [1.29, 1.82) is 0 Å². The number of benzene rings is 2. The zero-order valence-electron chi connectivity index (χ0n) is 29.6. The Morgan fingerprint density at radius 3 is 2.00 bits per heavy atom. The zero-order valence-corrected chi connectivity index (χ0v) is 29.6. The average Bonchev–Trinajstić information content (AvgIpc) is 3.57. The van der Waals surface area contributed by atoms with Crippen molar-refractivity contribution in [1.82, 2.24) is 14.7 Å². The third-order valence-corrected chi connectivity index (χ3v) is 9.77. The minimum atomic E-state index is -1.29. The summed E-state index contributed by atoms with van der Waals surface area (Å²) >= 11 is 0. The number of phenolic OH excluding ortho intramolecular Hbond substituents is 1. The smallest absolute Gasteiger partial charge is 0.295 e. The van der Waals surface area contributed by atoms with E-state index in [0.717, 1.165) is 42.4 Å². The molecule has 0 aliphatic heterocycles. The molecule has 2 amide bonds. The minimum Gasteiger partial charge on any atom is -0.507 e. The van der Waals surface area contributed by atoms with Crippen LogP contribution in [0.3, 0.4) is 0 Å². The number of amides is 2. The molecule has 0 spiro atoms. The first-order chi connectivity index (χ1) is 21.4. The number of carbonyl (C=O) groups is 2. The lowest BCUT2D eigenvalue weighted by molar-refractivity contribution is -0.130. The van der Waals surface area contributed by atoms with Crippen LogP contribution >= 0.6 is 0 Å². The van der Waals surface area contributed by atoms with E-state index >= 15 is 0 Å². The number of nitrogens with zero attached hydrogens (tertiary/aromatic N) is 3. The summed E-state index contributed by atoms with van der Waals surface area (Å²) in [5.74, 6) is -0.237. The Labute approximate surface area is 274 Å². The topological polar surface area (TPSA) is 96.6 Å². The van der Waals surface area contributed by atoms with Gasteiger partial charge in [0.1, 0.15) is 17.0 Å². The van der Waals surface area contributed by atoms with Crippen molar-refractivity contribution < 1.29 is 14.7 Å². The van der Waals surface area contributed by atoms with E-state index in [1.54, 1.807) is 23.3 Å². The summed E-state index contributed by atoms with van der Waals surface area (Å²) in [6.07, 6.45) is 4.77. The highest BCUT2D eigenvalue weighted by Crippen LogP contribution is 2.40. The molecule has 1 aromatic heterocycles. The van der Waals surface area contributed by atoms with E-state index in [4.69, 9.17) is 0 Å². The summed E-state index contributed by atoms with van der Waals surface area (Å²) in [6, 6.07) is 13.4. The predicted octanol–water partition coefficient (Wildman–Crippen LogP) is 6.98. The number of phenols is 1. The van der Waals surface area contributed by atoms with Gasteiger partial charge >= 0.3 is 0 Å². The molecule has 8 heteroatoms. The van der Waals surface area contributed by atoms with Crippen LogP contribution < -0.4 is 15.8 Å². The molecule has 1 atom stereocenters. The number of rotatable bonds is 9. The highest BCUT2D eigenvalue weighted by atomic mass is 16.3. The van der Waals surface area contributed by atoms with E-state index in [1.807, 2.05) is 56.3 Å². The number of aryl methyl sites for hydroxylation is 1. The van der Waals surface area contributed by atoms with E-state index in [-0.39, 0.29) is 46.4 Å². The first-order valence-electron chi connectivity index (χ1n) is 16.8. The molecule has 4 rings (SSSR count). The maximum atomic E-state index is 14.6. The van der Waals surface area contributed by atoms with Crippen LogP contribution in [0, 0.1) is 6.92 Å². The predicted molar refractivity (Wildman–Crippen MR) is 186 cm³/mol. The molecule has 0 radical (unpaired) electrons. The number of nitrogens with one attached hydrogen (secondary N) is 1. The van der Waals surface area contributed by atoms with Gasteiger partial charge in [-0.15, -0.1) is 0 Å². The van der Waals surface area contributed by atoms with Crippen molar-refractivity contribution in [3.63, 3.8) is 0 Å². The van der Waals surface area contributed by atoms with E-state index in [1.165, 1.54) is 4.90 Å². The first-order valence-corrected chi connectivity index (χ1v) is 16.8. The molecule has 1 fully saturated rings. The van der Waals surface area contributed by atoms with E-state index < -0.39 is 5.54 Å². The zero-order chi connectivity index (χ0) is 34.2. The lowest BCUT2D eigenvalue weighted by atomic mass is 9.78. The van der Waals surface area contributed by atoms with Crippen LogP contribution in [0.25, 0.3) is 5.69 Å². The summed E-state index contributed by atoms with van der Waals surface area (Å²) in [5, 5.41) is 14.5. The molecule has 3 aromatic rings. The van der Waals surface area contributed by atoms with Crippen molar-refractivity contribution in [3.8, 4) is 11.4 Å². The second-order valence-corrected chi connectivity index (χ2v) is 15.3. The lowest BCUT2D eigenvalue weighted by Gasteiger charge is -2.39. The fraction of sp³-hybridized carbons (Fsp3) is 0.553. The van der Waals surface area contributed by atoms with Gasteiger partial charge in [-0.05, 0) is 79.2 Å². The van der Waals surface area contributed by atoms with Crippen LogP contribution in [0.4, 0.5) is 5.69 Å². The summed E-state index contributed by atoms with van der Waals surface area (Å²) in [5.41, 5.74) is 1.85. The maximum Gasteiger partial charge on any atom is 0.295 e. The molecular formula is C38H54N4O4. The van der Waals surface area contributed by atoms with Crippen LogP contribution in [-0.4, -0.2) is 37.9 Å². The van der Waals surface area contributed by atoms with Crippen molar-refractivity contribution >= 4 is 17.5 Å². The molecule has 46 heavy (non-hydrogen) atoms. The molecular weight excluding hydrogens is 576 g/mol. The van der Waals surface area contributed by atoms with Crippen molar-refractivity contribution in [3.05, 3.63) is 75.2 Å². The van der Waals surface area contributed by atoms with Gasteiger partial charge < -0.3 is 10.4 Å². The number of hydrogen-bond donors (Lipinski definition) is 2.